The lowest BCUT2D eigenvalue weighted by Gasteiger charge is -2.07. The van der Waals surface area contributed by atoms with Crippen molar-refractivity contribution in [3.8, 4) is 5.75 Å². The highest BCUT2D eigenvalue weighted by atomic mass is 16.6. The molecule has 0 radical (unpaired) electrons. The van der Waals surface area contributed by atoms with Gasteiger partial charge in [-0.25, -0.2) is 9.36 Å². The van der Waals surface area contributed by atoms with Crippen LogP contribution in [0.25, 0.3) is 11.0 Å². The van der Waals surface area contributed by atoms with Gasteiger partial charge in [0.25, 0.3) is 5.69 Å². The number of benzene rings is 2. The molecule has 0 bridgehead atoms. The van der Waals surface area contributed by atoms with Crippen LogP contribution in [0.1, 0.15) is 16.7 Å². The zero-order valence-electron chi connectivity index (χ0n) is 16.3. The number of nitro groups is 1. The Morgan fingerprint density at radius 3 is 2.60 bits per heavy atom. The fourth-order valence-corrected chi connectivity index (χ4v) is 3.23. The van der Waals surface area contributed by atoms with Gasteiger partial charge in [0.2, 0.25) is 0 Å². The topological polar surface area (TPSA) is 86.5 Å². The van der Waals surface area contributed by atoms with Gasteiger partial charge in [-0.05, 0) is 24.6 Å². The molecule has 4 rings (SSSR count). The maximum absolute atomic E-state index is 11.6. The third-order valence-electron chi connectivity index (χ3n) is 4.78. The van der Waals surface area contributed by atoms with Crippen LogP contribution < -0.4 is 14.9 Å². The van der Waals surface area contributed by atoms with E-state index in [9.17, 15) is 14.9 Å². The molecule has 0 N–H and O–H groups in total. The summed E-state index contributed by atoms with van der Waals surface area (Å²) < 4.78 is 13.0. The van der Waals surface area contributed by atoms with E-state index in [-0.39, 0.29) is 11.3 Å². The van der Waals surface area contributed by atoms with Gasteiger partial charge in [-0.2, -0.15) is 0 Å². The molecule has 0 unspecified atom stereocenters. The maximum Gasteiger partial charge on any atom is 0.336 e. The number of fused-ring (bicyclic) bond motifs is 1. The fourth-order valence-electron chi connectivity index (χ4n) is 3.23. The number of nitro benzene ring substituents is 1. The second-order valence-electron chi connectivity index (χ2n) is 7.00. The summed E-state index contributed by atoms with van der Waals surface area (Å²) in [5.41, 5.74) is 2.89. The number of non-ortho nitro benzene ring substituents is 1. The van der Waals surface area contributed by atoms with Crippen molar-refractivity contribution in [3.05, 3.63) is 110 Å². The molecule has 7 nitrogen and oxygen atoms in total. The van der Waals surface area contributed by atoms with Crippen molar-refractivity contribution >= 4 is 16.7 Å². The van der Waals surface area contributed by atoms with Crippen LogP contribution in [0.15, 0.2) is 82.3 Å². The van der Waals surface area contributed by atoms with Crippen molar-refractivity contribution in [1.82, 2.24) is 0 Å². The van der Waals surface area contributed by atoms with Gasteiger partial charge in [-0.3, -0.25) is 10.1 Å². The first-order valence-corrected chi connectivity index (χ1v) is 9.36. The molecule has 7 heteroatoms. The largest absolute Gasteiger partial charge is 0.489 e. The molecule has 0 aliphatic heterocycles. The monoisotopic (exact) mass is 403 g/mol. The van der Waals surface area contributed by atoms with Crippen molar-refractivity contribution in [2.24, 2.45) is 0 Å². The minimum atomic E-state index is -0.395. The van der Waals surface area contributed by atoms with Gasteiger partial charge in [0.1, 0.15) is 17.9 Å². The molecule has 150 valence electrons. The smallest absolute Gasteiger partial charge is 0.336 e. The van der Waals surface area contributed by atoms with Gasteiger partial charge in [0.15, 0.2) is 18.9 Å². The molecule has 0 amide bonds. The molecule has 0 spiro atoms. The molecule has 2 aromatic carbocycles. The first-order chi connectivity index (χ1) is 14.5. The van der Waals surface area contributed by atoms with Crippen molar-refractivity contribution in [3.63, 3.8) is 0 Å². The van der Waals surface area contributed by atoms with E-state index in [1.165, 1.54) is 12.1 Å². The first-order valence-electron chi connectivity index (χ1n) is 9.36. The lowest BCUT2D eigenvalue weighted by Crippen LogP contribution is -2.33. The normalized spacial score (nSPS) is 10.8. The highest BCUT2D eigenvalue weighted by molar-refractivity contribution is 5.81. The van der Waals surface area contributed by atoms with Crippen LogP contribution in [0.3, 0.4) is 0 Å². The van der Waals surface area contributed by atoms with E-state index in [2.05, 4.69) is 0 Å². The average Bonchev–Trinajstić information content (AvgIpc) is 2.73. The Balaban J connectivity index is 1.43. The molecule has 0 fully saturated rings. The predicted octanol–water partition coefficient (Wildman–Crippen LogP) is 3.92. The van der Waals surface area contributed by atoms with Crippen LogP contribution >= 0.6 is 0 Å². The summed E-state index contributed by atoms with van der Waals surface area (Å²) in [4.78, 5) is 22.1. The molecule has 0 atom stereocenters. The lowest BCUT2D eigenvalue weighted by atomic mass is 10.1. The molecule has 0 aliphatic carbocycles. The summed E-state index contributed by atoms with van der Waals surface area (Å²) in [5.74, 6) is 0.615. The Morgan fingerprint density at radius 1 is 1.03 bits per heavy atom. The highest BCUT2D eigenvalue weighted by Crippen LogP contribution is 2.22. The van der Waals surface area contributed by atoms with Crippen LogP contribution in [-0.2, 0) is 13.2 Å². The molecular weight excluding hydrogens is 384 g/mol. The number of rotatable bonds is 6. The zero-order chi connectivity index (χ0) is 21.1. The van der Waals surface area contributed by atoms with Gasteiger partial charge >= 0.3 is 5.63 Å². The van der Waals surface area contributed by atoms with Gasteiger partial charge in [-0.1, -0.05) is 12.1 Å². The molecular formula is C23H19N2O5+. The molecule has 0 aliphatic rings. The third-order valence-corrected chi connectivity index (χ3v) is 4.78. The van der Waals surface area contributed by atoms with E-state index >= 15 is 0 Å². The SMILES string of the molecule is Cc1cc(=O)oc2cc(OCc3cc[n+](Cc4cccc([N+](=O)[O-])c4)cc3)ccc12. The number of hydrogen-bond acceptors (Lipinski definition) is 5. The number of hydrogen-bond donors (Lipinski definition) is 0. The summed E-state index contributed by atoms with van der Waals surface area (Å²) >= 11 is 0. The van der Waals surface area contributed by atoms with E-state index in [0.717, 1.165) is 22.1 Å². The summed E-state index contributed by atoms with van der Waals surface area (Å²) in [6.07, 6.45) is 3.81. The van der Waals surface area contributed by atoms with Crippen molar-refractivity contribution in [1.29, 1.82) is 0 Å². The number of aromatic nitrogens is 1. The summed E-state index contributed by atoms with van der Waals surface area (Å²) in [6.45, 7) is 2.76. The van der Waals surface area contributed by atoms with Crippen LogP contribution in [0.5, 0.6) is 5.75 Å². The molecule has 2 heterocycles. The van der Waals surface area contributed by atoms with E-state index < -0.39 is 4.92 Å². The number of ether oxygens (including phenoxy) is 1. The Hall–Kier alpha value is -4.00. The maximum atomic E-state index is 11.6. The molecule has 2 aromatic heterocycles. The standard InChI is InChI=1S/C23H19N2O5/c1-16-11-23(26)30-22-13-20(5-6-21(16)22)29-15-17-7-9-24(10-8-17)14-18-3-2-4-19(12-18)25(27)28/h2-13H,14-15H2,1H3/q+1. The van der Waals surface area contributed by atoms with Crippen molar-refractivity contribution in [2.75, 3.05) is 0 Å². The predicted molar refractivity (Wildman–Crippen MR) is 110 cm³/mol. The van der Waals surface area contributed by atoms with Crippen molar-refractivity contribution in [2.45, 2.75) is 20.1 Å². The second kappa shape index (κ2) is 8.16. The van der Waals surface area contributed by atoms with E-state index in [1.807, 2.05) is 54.2 Å². The highest BCUT2D eigenvalue weighted by Gasteiger charge is 2.10. The van der Waals surface area contributed by atoms with Crippen LogP contribution in [0.4, 0.5) is 5.69 Å². The Labute approximate surface area is 171 Å². The number of pyridine rings is 1. The summed E-state index contributed by atoms with van der Waals surface area (Å²) in [6, 6.07) is 17.4. The van der Waals surface area contributed by atoms with Crippen LogP contribution in [0, 0.1) is 17.0 Å². The second-order valence-corrected chi connectivity index (χ2v) is 7.00. The molecule has 4 aromatic rings. The van der Waals surface area contributed by atoms with Crippen molar-refractivity contribution < 1.29 is 18.6 Å². The lowest BCUT2D eigenvalue weighted by molar-refractivity contribution is -0.688. The Bertz CT molecular complexity index is 1280. The average molecular weight is 403 g/mol. The van der Waals surface area contributed by atoms with E-state index in [1.54, 1.807) is 18.2 Å². The quantitative estimate of drug-likeness (QED) is 0.211. The van der Waals surface area contributed by atoms with Gasteiger partial charge in [0, 0.05) is 52.9 Å². The van der Waals surface area contributed by atoms with E-state index in [4.69, 9.17) is 9.15 Å². The summed E-state index contributed by atoms with van der Waals surface area (Å²) in [5, 5.41) is 11.8. The van der Waals surface area contributed by atoms with Gasteiger partial charge in [0.05, 0.1) is 4.92 Å². The zero-order valence-corrected chi connectivity index (χ0v) is 16.3. The minimum Gasteiger partial charge on any atom is -0.489 e. The Morgan fingerprint density at radius 2 is 1.83 bits per heavy atom. The van der Waals surface area contributed by atoms with Gasteiger partial charge < -0.3 is 9.15 Å². The van der Waals surface area contributed by atoms with E-state index in [0.29, 0.717) is 24.5 Å². The Kier molecular flexibility index (Phi) is 5.26. The minimum absolute atomic E-state index is 0.0829. The molecule has 0 saturated heterocycles. The van der Waals surface area contributed by atoms with Crippen LogP contribution in [-0.4, -0.2) is 4.92 Å². The first kappa shape index (κ1) is 19.3. The number of nitrogens with zero attached hydrogens (tertiary/aromatic N) is 2. The van der Waals surface area contributed by atoms with Gasteiger partial charge in [-0.15, -0.1) is 0 Å². The molecule has 30 heavy (non-hydrogen) atoms. The number of aryl methyl sites for hydroxylation is 1. The third kappa shape index (κ3) is 4.35. The summed E-state index contributed by atoms with van der Waals surface area (Å²) in [7, 11) is 0. The van der Waals surface area contributed by atoms with Crippen LogP contribution in [0.2, 0.25) is 0 Å². The molecule has 0 saturated carbocycles. The fraction of sp³-hybridized carbons (Fsp3) is 0.130.